The molecule has 0 spiro atoms. The van der Waals surface area contributed by atoms with Crippen LogP contribution in [-0.2, 0) is 14.8 Å². The highest BCUT2D eigenvalue weighted by molar-refractivity contribution is 7.92. The number of hydrogen-bond donors (Lipinski definition) is 2. The van der Waals surface area contributed by atoms with Crippen LogP contribution < -0.4 is 19.5 Å². The molecule has 0 saturated heterocycles. The first-order chi connectivity index (χ1) is 16.4. The number of aromatic nitrogens is 2. The summed E-state index contributed by atoms with van der Waals surface area (Å²) in [7, 11) is -2.44. The molecule has 0 saturated carbocycles. The van der Waals surface area contributed by atoms with Crippen LogP contribution in [0.5, 0.6) is 11.6 Å². The predicted octanol–water partition coefficient (Wildman–Crippen LogP) is 3.22. The first-order valence-electron chi connectivity index (χ1n) is 10.3. The van der Waals surface area contributed by atoms with Gasteiger partial charge >= 0.3 is 0 Å². The van der Waals surface area contributed by atoms with Crippen molar-refractivity contribution in [3.63, 3.8) is 0 Å². The summed E-state index contributed by atoms with van der Waals surface area (Å²) in [5.41, 5.74) is 1.32. The van der Waals surface area contributed by atoms with Crippen molar-refractivity contribution >= 4 is 27.3 Å². The van der Waals surface area contributed by atoms with E-state index in [-0.39, 0.29) is 22.4 Å². The summed E-state index contributed by atoms with van der Waals surface area (Å²) in [5, 5.41) is 10.5. The van der Waals surface area contributed by atoms with E-state index >= 15 is 0 Å². The molecule has 34 heavy (non-hydrogen) atoms. The second-order valence-corrected chi connectivity index (χ2v) is 8.75. The highest BCUT2D eigenvalue weighted by atomic mass is 32.2. The number of sulfonamides is 1. The van der Waals surface area contributed by atoms with Gasteiger partial charge in [-0.3, -0.25) is 9.52 Å². The van der Waals surface area contributed by atoms with Gasteiger partial charge in [-0.25, -0.2) is 8.42 Å². The summed E-state index contributed by atoms with van der Waals surface area (Å²) in [6.45, 7) is 2.17. The zero-order valence-corrected chi connectivity index (χ0v) is 19.2. The number of rotatable bonds is 8. The molecule has 1 unspecified atom stereocenters. The molecule has 10 nitrogen and oxygen atoms in total. The molecule has 1 atom stereocenters. The van der Waals surface area contributed by atoms with Crippen molar-refractivity contribution in [1.82, 2.24) is 10.2 Å². The van der Waals surface area contributed by atoms with Crippen LogP contribution in [0.1, 0.15) is 17.3 Å². The van der Waals surface area contributed by atoms with E-state index in [1.807, 2.05) is 6.92 Å². The normalized spacial score (nSPS) is 16.5. The number of nitrogens with one attached hydrogen (secondary N) is 2. The lowest BCUT2D eigenvalue weighted by Gasteiger charge is -2.27. The van der Waals surface area contributed by atoms with Gasteiger partial charge in [-0.2, -0.15) is 0 Å². The molecule has 0 bridgehead atoms. The molecular formula is C23H22N4O6S. The average molecular weight is 483 g/mol. The number of methoxy groups -OCH3 is 1. The van der Waals surface area contributed by atoms with Crippen LogP contribution in [0, 0.1) is 0 Å². The Bertz CT molecular complexity index is 1310. The van der Waals surface area contributed by atoms with Crippen LogP contribution in [-0.4, -0.2) is 44.4 Å². The third-order valence-corrected chi connectivity index (χ3v) is 6.22. The van der Waals surface area contributed by atoms with Crippen molar-refractivity contribution in [3.8, 4) is 11.6 Å². The van der Waals surface area contributed by atoms with Gasteiger partial charge in [-0.15, -0.1) is 10.2 Å². The predicted molar refractivity (Wildman–Crippen MR) is 124 cm³/mol. The van der Waals surface area contributed by atoms with Gasteiger partial charge in [-0.1, -0.05) is 12.1 Å². The molecule has 4 rings (SSSR count). The minimum Gasteiger partial charge on any atom is -0.480 e. The van der Waals surface area contributed by atoms with Crippen molar-refractivity contribution in [2.75, 3.05) is 23.8 Å². The average Bonchev–Trinajstić information content (AvgIpc) is 2.84. The molecule has 0 fully saturated rings. The maximum atomic E-state index is 12.9. The number of ketones is 1. The molecule has 1 aliphatic rings. The van der Waals surface area contributed by atoms with E-state index in [0.29, 0.717) is 29.2 Å². The summed E-state index contributed by atoms with van der Waals surface area (Å²) >= 11 is 0. The highest BCUT2D eigenvalue weighted by Gasteiger charge is 2.32. The number of benzene rings is 2. The number of Topliss-reactive ketones (excluding diaryl/α,β-unsaturated/α-hetero) is 1. The summed E-state index contributed by atoms with van der Waals surface area (Å²) < 4.78 is 43.9. The Hall–Kier alpha value is -3.96. The molecule has 2 N–H and O–H groups in total. The minimum absolute atomic E-state index is 0.0292. The monoisotopic (exact) mass is 482 g/mol. The summed E-state index contributed by atoms with van der Waals surface area (Å²) in [6.07, 6.45) is 0.655. The van der Waals surface area contributed by atoms with Crippen molar-refractivity contribution in [2.45, 2.75) is 18.1 Å². The number of anilines is 2. The number of para-hydroxylation sites is 1. The topological polar surface area (TPSA) is 129 Å². The summed E-state index contributed by atoms with van der Waals surface area (Å²) in [6, 6.07) is 15.9. The van der Waals surface area contributed by atoms with Gasteiger partial charge in [0.2, 0.25) is 12.2 Å². The SMILES string of the molecule is CCOC1Oc2ccccc2C(=O)/C1=C/Nc1ccc(S(=O)(=O)Nc2ccc(OC)nn2)cc1. The van der Waals surface area contributed by atoms with E-state index in [1.165, 1.54) is 37.6 Å². The lowest BCUT2D eigenvalue weighted by atomic mass is 10.00. The van der Waals surface area contributed by atoms with E-state index in [1.54, 1.807) is 36.4 Å². The van der Waals surface area contributed by atoms with Crippen LogP contribution in [0.4, 0.5) is 11.5 Å². The minimum atomic E-state index is -3.87. The van der Waals surface area contributed by atoms with Gasteiger partial charge in [0.25, 0.3) is 10.0 Å². The standard InChI is InChI=1S/C23H22N4O6S/c1-3-32-23-18(22(28)17-6-4-5-7-19(17)33-23)14-24-15-8-10-16(11-9-15)34(29,30)27-20-12-13-21(31-2)26-25-20/h4-14,23-24H,3H2,1-2H3,(H,25,27)/b18-14-. The van der Waals surface area contributed by atoms with Crippen molar-refractivity contribution in [1.29, 1.82) is 0 Å². The third kappa shape index (κ3) is 5.00. The Labute approximate surface area is 196 Å². The summed E-state index contributed by atoms with van der Waals surface area (Å²) in [4.78, 5) is 13.0. The number of ether oxygens (including phenoxy) is 3. The number of nitrogens with zero attached hydrogens (tertiary/aromatic N) is 2. The van der Waals surface area contributed by atoms with Gasteiger partial charge < -0.3 is 19.5 Å². The largest absolute Gasteiger partial charge is 0.480 e. The maximum absolute atomic E-state index is 12.9. The summed E-state index contributed by atoms with van der Waals surface area (Å²) in [5.74, 6) is 0.582. The van der Waals surface area contributed by atoms with E-state index in [0.717, 1.165) is 0 Å². The van der Waals surface area contributed by atoms with E-state index in [4.69, 9.17) is 14.2 Å². The van der Waals surface area contributed by atoms with Crippen LogP contribution in [0.2, 0.25) is 0 Å². The van der Waals surface area contributed by atoms with Crippen molar-refractivity contribution in [3.05, 3.63) is 78.0 Å². The second-order valence-electron chi connectivity index (χ2n) is 7.07. The second kappa shape index (κ2) is 9.89. The lowest BCUT2D eigenvalue weighted by molar-refractivity contribution is -0.0509. The molecule has 176 valence electrons. The molecule has 2 heterocycles. The lowest BCUT2D eigenvalue weighted by Crippen LogP contribution is -2.33. The van der Waals surface area contributed by atoms with Crippen LogP contribution >= 0.6 is 0 Å². The molecule has 3 aromatic rings. The highest BCUT2D eigenvalue weighted by Crippen LogP contribution is 2.31. The van der Waals surface area contributed by atoms with Gasteiger partial charge in [0.05, 0.1) is 23.1 Å². The molecule has 0 amide bonds. The van der Waals surface area contributed by atoms with Crippen molar-refractivity contribution < 1.29 is 27.4 Å². The van der Waals surface area contributed by atoms with Gasteiger partial charge in [0, 0.05) is 24.6 Å². The zero-order chi connectivity index (χ0) is 24.1. The van der Waals surface area contributed by atoms with Gasteiger partial charge in [0.15, 0.2) is 11.6 Å². The first kappa shape index (κ1) is 23.2. The fraction of sp³-hybridized carbons (Fsp3) is 0.174. The molecule has 2 aromatic carbocycles. The molecule has 0 aliphatic carbocycles. The maximum Gasteiger partial charge on any atom is 0.263 e. The van der Waals surface area contributed by atoms with E-state index in [9.17, 15) is 13.2 Å². The Kier molecular flexibility index (Phi) is 6.75. The van der Waals surface area contributed by atoms with Crippen LogP contribution in [0.3, 0.4) is 0 Å². The van der Waals surface area contributed by atoms with Gasteiger partial charge in [0.1, 0.15) is 5.75 Å². The zero-order valence-electron chi connectivity index (χ0n) is 18.4. The van der Waals surface area contributed by atoms with Gasteiger partial charge in [-0.05, 0) is 49.4 Å². The smallest absolute Gasteiger partial charge is 0.263 e. The quantitative estimate of drug-likeness (QED) is 0.465. The fourth-order valence-corrected chi connectivity index (χ4v) is 4.17. The number of carbonyl (C=O) groups excluding carboxylic acids is 1. The fourth-order valence-electron chi connectivity index (χ4n) is 3.18. The van der Waals surface area contributed by atoms with Crippen molar-refractivity contribution in [2.24, 2.45) is 0 Å². The molecule has 11 heteroatoms. The molecule has 0 radical (unpaired) electrons. The Balaban J connectivity index is 1.50. The Morgan fingerprint density at radius 2 is 1.82 bits per heavy atom. The Morgan fingerprint density at radius 1 is 1.06 bits per heavy atom. The van der Waals surface area contributed by atoms with E-state index < -0.39 is 16.3 Å². The van der Waals surface area contributed by atoms with E-state index in [2.05, 4.69) is 20.2 Å². The first-order valence-corrected chi connectivity index (χ1v) is 11.8. The Morgan fingerprint density at radius 3 is 2.50 bits per heavy atom. The van der Waals surface area contributed by atoms with Crippen LogP contribution in [0.15, 0.2) is 77.3 Å². The number of hydrogen-bond acceptors (Lipinski definition) is 9. The molecular weight excluding hydrogens is 460 g/mol. The number of carbonyl (C=O) groups is 1. The number of fused-ring (bicyclic) bond motifs is 1. The van der Waals surface area contributed by atoms with Crippen LogP contribution in [0.25, 0.3) is 0 Å². The molecule has 1 aliphatic heterocycles. The molecule has 1 aromatic heterocycles. The third-order valence-electron chi connectivity index (χ3n) is 4.85.